The van der Waals surface area contributed by atoms with Gasteiger partial charge in [0.25, 0.3) is 0 Å². The molecule has 0 N–H and O–H groups in total. The highest BCUT2D eigenvalue weighted by atomic mass is 31.1. The highest BCUT2D eigenvalue weighted by Crippen LogP contribution is 2.60. The van der Waals surface area contributed by atoms with E-state index in [4.69, 9.17) is 9.47 Å². The highest BCUT2D eigenvalue weighted by Gasteiger charge is 2.37. The average Bonchev–Trinajstić information content (AvgIpc) is 3.41. The number of benzene rings is 4. The van der Waals surface area contributed by atoms with Crippen molar-refractivity contribution in [3.8, 4) is 11.5 Å². The summed E-state index contributed by atoms with van der Waals surface area (Å²) in [5, 5.41) is 8.50. The summed E-state index contributed by atoms with van der Waals surface area (Å²) >= 11 is 0. The minimum absolute atomic E-state index is 0.272. The Kier molecular flexibility index (Phi) is 10.1. The second kappa shape index (κ2) is 13.8. The number of hydrogen-bond donors (Lipinski definition) is 0. The fourth-order valence-electron chi connectivity index (χ4n) is 6.47. The van der Waals surface area contributed by atoms with Crippen molar-refractivity contribution in [2.75, 3.05) is 28.3 Å². The van der Waals surface area contributed by atoms with E-state index >= 15 is 0 Å². The number of methoxy groups -OCH3 is 2. The van der Waals surface area contributed by atoms with E-state index in [1.165, 1.54) is 48.8 Å². The van der Waals surface area contributed by atoms with Crippen LogP contribution in [0.25, 0.3) is 0 Å². The van der Waals surface area contributed by atoms with Crippen molar-refractivity contribution in [3.05, 3.63) is 130 Å². The Balaban J connectivity index is 1.88. The third kappa shape index (κ3) is 6.29. The summed E-state index contributed by atoms with van der Waals surface area (Å²) in [6.45, 7) is 11.1. The van der Waals surface area contributed by atoms with E-state index in [0.29, 0.717) is 6.04 Å². The maximum atomic E-state index is 5.84. The van der Waals surface area contributed by atoms with Gasteiger partial charge in [0.2, 0.25) is 0 Å². The van der Waals surface area contributed by atoms with Gasteiger partial charge >= 0.3 is 0 Å². The Bertz CT molecular complexity index is 1530. The minimum Gasteiger partial charge on any atom is -0.496 e. The number of rotatable bonds is 10. The number of aryl methyl sites for hydroxylation is 4. The van der Waals surface area contributed by atoms with Crippen LogP contribution in [0.4, 0.5) is 0 Å². The van der Waals surface area contributed by atoms with Crippen LogP contribution in [0.15, 0.2) is 108 Å². The van der Waals surface area contributed by atoms with E-state index in [9.17, 15) is 0 Å². The molecule has 44 heavy (non-hydrogen) atoms. The molecule has 4 aromatic rings. The van der Waals surface area contributed by atoms with Gasteiger partial charge in [0, 0.05) is 12.0 Å². The molecule has 0 aromatic heterocycles. The standard InChI is InChI=1S/C39H45NO2P2/c1-26-22-33(23-27(2)37(26)41-8)44(34-24-28(3)38(42-9)29(4)25-34)39-35(30(5)40(6)7)20-21-36(39)43(31-16-12-10-13-17-31)32-18-14-11-15-19-32/h10-25,30,35H,1-9H3/t30-,35?/m1/s1. The predicted octanol–water partition coefficient (Wildman–Crippen LogP) is 7.85. The zero-order chi connectivity index (χ0) is 31.5. The first kappa shape index (κ1) is 32.2. The highest BCUT2D eigenvalue weighted by molar-refractivity contribution is 7.80. The maximum Gasteiger partial charge on any atom is 0.124 e. The second-order valence-electron chi connectivity index (χ2n) is 11.9. The van der Waals surface area contributed by atoms with Gasteiger partial charge in [0.05, 0.1) is 14.2 Å². The van der Waals surface area contributed by atoms with E-state index in [2.05, 4.69) is 151 Å². The van der Waals surface area contributed by atoms with Crippen LogP contribution in [0.3, 0.4) is 0 Å². The normalized spacial score (nSPS) is 15.5. The summed E-state index contributed by atoms with van der Waals surface area (Å²) in [5.41, 5.74) is 4.71. The molecule has 5 rings (SSSR count). The number of allylic oxidation sites excluding steroid dienone is 2. The molecule has 0 fully saturated rings. The van der Waals surface area contributed by atoms with E-state index in [0.717, 1.165) is 11.5 Å². The van der Waals surface area contributed by atoms with Gasteiger partial charge in [-0.3, -0.25) is 0 Å². The van der Waals surface area contributed by atoms with Crippen molar-refractivity contribution in [2.45, 2.75) is 40.7 Å². The molecule has 2 atom stereocenters. The Morgan fingerprint density at radius 2 is 1.02 bits per heavy atom. The monoisotopic (exact) mass is 621 g/mol. The van der Waals surface area contributed by atoms with Gasteiger partial charge in [-0.1, -0.05) is 72.8 Å². The first-order valence-electron chi connectivity index (χ1n) is 15.3. The first-order chi connectivity index (χ1) is 21.2. The van der Waals surface area contributed by atoms with Crippen molar-refractivity contribution in [1.82, 2.24) is 4.90 Å². The molecule has 1 unspecified atom stereocenters. The summed E-state index contributed by atoms with van der Waals surface area (Å²) in [4.78, 5) is 2.37. The molecule has 0 spiro atoms. The Labute approximate surface area is 267 Å². The lowest BCUT2D eigenvalue weighted by molar-refractivity contribution is 0.281. The Morgan fingerprint density at radius 3 is 1.39 bits per heavy atom. The topological polar surface area (TPSA) is 21.7 Å². The maximum absolute atomic E-state index is 5.84. The number of hydrogen-bond acceptors (Lipinski definition) is 3. The van der Waals surface area contributed by atoms with Crippen molar-refractivity contribution >= 4 is 37.1 Å². The van der Waals surface area contributed by atoms with Gasteiger partial charge in [-0.15, -0.1) is 0 Å². The lowest BCUT2D eigenvalue weighted by Crippen LogP contribution is -2.33. The van der Waals surface area contributed by atoms with Crippen molar-refractivity contribution in [3.63, 3.8) is 0 Å². The molecule has 1 aliphatic rings. The van der Waals surface area contributed by atoms with Crippen LogP contribution in [0.1, 0.15) is 29.2 Å². The van der Waals surface area contributed by atoms with E-state index in [1.54, 1.807) is 19.5 Å². The molecular weight excluding hydrogens is 576 g/mol. The molecular formula is C39H45NO2P2. The van der Waals surface area contributed by atoms with Crippen LogP contribution in [0.2, 0.25) is 0 Å². The Hall–Kier alpha value is -3.22. The Morgan fingerprint density at radius 1 is 0.614 bits per heavy atom. The molecule has 1 aliphatic carbocycles. The molecule has 3 nitrogen and oxygen atoms in total. The molecule has 0 aliphatic heterocycles. The van der Waals surface area contributed by atoms with Gasteiger partial charge in [-0.2, -0.15) is 0 Å². The molecule has 0 saturated heterocycles. The summed E-state index contributed by atoms with van der Waals surface area (Å²) in [6, 6.07) is 32.0. The van der Waals surface area contributed by atoms with Crippen molar-refractivity contribution in [2.24, 2.45) is 5.92 Å². The van der Waals surface area contributed by atoms with Gasteiger partial charge in [-0.05, 0) is 143 Å². The fourth-order valence-corrected chi connectivity index (χ4v) is 12.5. The molecule has 0 saturated carbocycles. The zero-order valence-electron chi connectivity index (χ0n) is 27.6. The summed E-state index contributed by atoms with van der Waals surface area (Å²) in [6.07, 6.45) is 4.95. The van der Waals surface area contributed by atoms with Gasteiger partial charge in [0.1, 0.15) is 11.5 Å². The van der Waals surface area contributed by atoms with Gasteiger partial charge in [0.15, 0.2) is 0 Å². The van der Waals surface area contributed by atoms with Crippen LogP contribution in [0, 0.1) is 33.6 Å². The predicted molar refractivity (Wildman–Crippen MR) is 193 cm³/mol. The first-order valence-corrected chi connectivity index (χ1v) is 17.9. The molecule has 4 aromatic carbocycles. The molecule has 0 amide bonds. The van der Waals surface area contributed by atoms with Crippen molar-refractivity contribution < 1.29 is 9.47 Å². The number of nitrogens with zero attached hydrogens (tertiary/aromatic N) is 1. The van der Waals surface area contributed by atoms with E-state index < -0.39 is 15.8 Å². The van der Waals surface area contributed by atoms with Crippen LogP contribution < -0.4 is 30.7 Å². The second-order valence-corrected chi connectivity index (χ2v) is 16.3. The smallest absolute Gasteiger partial charge is 0.124 e. The molecule has 228 valence electrons. The SMILES string of the molecule is COc1c(C)cc(P(C2=C(P(c3ccccc3)c3ccccc3)C=CC2[C@@H](C)N(C)C)c2cc(C)c(OC)c(C)c2)cc1C. The number of ether oxygens (including phenoxy) is 2. The van der Waals surface area contributed by atoms with Crippen LogP contribution in [-0.4, -0.2) is 39.3 Å². The van der Waals surface area contributed by atoms with E-state index in [1.807, 2.05) is 0 Å². The van der Waals surface area contributed by atoms with E-state index in [-0.39, 0.29) is 5.92 Å². The third-order valence-electron chi connectivity index (χ3n) is 8.70. The third-order valence-corrected chi connectivity index (χ3v) is 13.9. The summed E-state index contributed by atoms with van der Waals surface area (Å²) in [5.74, 6) is 2.21. The fraction of sp³-hybridized carbons (Fsp3) is 0.282. The molecule has 0 bridgehead atoms. The van der Waals surface area contributed by atoms with Crippen LogP contribution >= 0.6 is 15.8 Å². The van der Waals surface area contributed by atoms with Crippen LogP contribution in [0.5, 0.6) is 11.5 Å². The van der Waals surface area contributed by atoms with Gasteiger partial charge < -0.3 is 14.4 Å². The summed E-state index contributed by atoms with van der Waals surface area (Å²) < 4.78 is 11.7. The largest absolute Gasteiger partial charge is 0.496 e. The average molecular weight is 622 g/mol. The van der Waals surface area contributed by atoms with Gasteiger partial charge in [-0.25, -0.2) is 0 Å². The van der Waals surface area contributed by atoms with Crippen LogP contribution in [-0.2, 0) is 0 Å². The lowest BCUT2D eigenvalue weighted by atomic mass is 10.0. The van der Waals surface area contributed by atoms with Crippen molar-refractivity contribution in [1.29, 1.82) is 0 Å². The minimum atomic E-state index is -0.905. The molecule has 5 heteroatoms. The molecule has 0 radical (unpaired) electrons. The quantitative estimate of drug-likeness (QED) is 0.168. The zero-order valence-corrected chi connectivity index (χ0v) is 29.3. The lowest BCUT2D eigenvalue weighted by Gasteiger charge is -2.35. The summed E-state index contributed by atoms with van der Waals surface area (Å²) in [7, 11) is 6.27. The molecule has 0 heterocycles.